The molecule has 0 bridgehead atoms. The Hall–Kier alpha value is -1.52. The molecule has 112 valence electrons. The Balaban J connectivity index is 1.97. The van der Waals surface area contributed by atoms with Crippen LogP contribution in [0.2, 0.25) is 0 Å². The summed E-state index contributed by atoms with van der Waals surface area (Å²) in [6.07, 6.45) is 4.54. The van der Waals surface area contributed by atoms with Crippen LogP contribution in [0.4, 0.5) is 0 Å². The van der Waals surface area contributed by atoms with Crippen molar-refractivity contribution in [2.24, 2.45) is 5.73 Å². The largest absolute Gasteiger partial charge is 0.492 e. The third-order valence-corrected chi connectivity index (χ3v) is 4.44. The molecule has 1 unspecified atom stereocenters. The summed E-state index contributed by atoms with van der Waals surface area (Å²) in [6, 6.07) is 10.3. The van der Waals surface area contributed by atoms with E-state index in [2.05, 4.69) is 43.1 Å². The van der Waals surface area contributed by atoms with Crippen molar-refractivity contribution in [3.05, 3.63) is 53.9 Å². The average molecular weight is 302 g/mol. The van der Waals surface area contributed by atoms with E-state index in [1.54, 1.807) is 18.0 Å². The number of ether oxygens (including phenoxy) is 1. The van der Waals surface area contributed by atoms with Crippen LogP contribution in [-0.4, -0.2) is 17.3 Å². The van der Waals surface area contributed by atoms with Crippen molar-refractivity contribution in [1.29, 1.82) is 0 Å². The summed E-state index contributed by atoms with van der Waals surface area (Å²) in [5.74, 6) is 1.62. The fourth-order valence-electron chi connectivity index (χ4n) is 1.93. The van der Waals surface area contributed by atoms with Gasteiger partial charge in [0, 0.05) is 22.9 Å². The number of aryl methyl sites for hydroxylation is 1. The molecule has 2 aromatic rings. The predicted molar refractivity (Wildman–Crippen MR) is 88.9 cm³/mol. The molecule has 4 heteroatoms. The summed E-state index contributed by atoms with van der Waals surface area (Å²) in [7, 11) is 0. The molecule has 2 rings (SSSR count). The lowest BCUT2D eigenvalue weighted by molar-refractivity contribution is 0.315. The summed E-state index contributed by atoms with van der Waals surface area (Å²) >= 11 is 1.78. The molecule has 0 aliphatic carbocycles. The Morgan fingerprint density at radius 2 is 2.10 bits per heavy atom. The van der Waals surface area contributed by atoms with E-state index in [0.29, 0.717) is 6.61 Å². The van der Waals surface area contributed by atoms with Crippen LogP contribution < -0.4 is 10.5 Å². The first kappa shape index (κ1) is 15.9. The van der Waals surface area contributed by atoms with Gasteiger partial charge in [0.2, 0.25) is 0 Å². The SMILES string of the molecule is CCCOc1cncc(C(N)CSc2ccccc2C)c1. The van der Waals surface area contributed by atoms with Gasteiger partial charge in [-0.05, 0) is 36.6 Å². The van der Waals surface area contributed by atoms with Gasteiger partial charge in [0.1, 0.15) is 5.75 Å². The van der Waals surface area contributed by atoms with Gasteiger partial charge in [0.25, 0.3) is 0 Å². The topological polar surface area (TPSA) is 48.1 Å². The Labute approximate surface area is 130 Å². The molecule has 2 N–H and O–H groups in total. The molecule has 0 amide bonds. The number of aromatic nitrogens is 1. The lowest BCUT2D eigenvalue weighted by Gasteiger charge is -2.13. The summed E-state index contributed by atoms with van der Waals surface area (Å²) in [5, 5.41) is 0. The molecule has 1 heterocycles. The zero-order valence-electron chi connectivity index (χ0n) is 12.6. The maximum atomic E-state index is 6.27. The first-order valence-electron chi connectivity index (χ1n) is 7.22. The fraction of sp³-hybridized carbons (Fsp3) is 0.353. The Morgan fingerprint density at radius 1 is 1.29 bits per heavy atom. The number of hydrogen-bond acceptors (Lipinski definition) is 4. The lowest BCUT2D eigenvalue weighted by Crippen LogP contribution is -2.13. The number of rotatable bonds is 7. The van der Waals surface area contributed by atoms with Gasteiger partial charge in [-0.2, -0.15) is 0 Å². The number of benzene rings is 1. The predicted octanol–water partition coefficient (Wildman–Crippen LogP) is 3.97. The van der Waals surface area contributed by atoms with E-state index >= 15 is 0 Å². The minimum Gasteiger partial charge on any atom is -0.492 e. The van der Waals surface area contributed by atoms with E-state index in [-0.39, 0.29) is 6.04 Å². The molecule has 0 fully saturated rings. The number of hydrogen-bond donors (Lipinski definition) is 1. The van der Waals surface area contributed by atoms with Crippen molar-refractivity contribution in [2.45, 2.75) is 31.2 Å². The van der Waals surface area contributed by atoms with Gasteiger partial charge in [-0.15, -0.1) is 11.8 Å². The van der Waals surface area contributed by atoms with E-state index in [0.717, 1.165) is 23.5 Å². The van der Waals surface area contributed by atoms with Crippen LogP contribution in [0.5, 0.6) is 5.75 Å². The molecular weight excluding hydrogens is 280 g/mol. The highest BCUT2D eigenvalue weighted by molar-refractivity contribution is 7.99. The fourth-order valence-corrected chi connectivity index (χ4v) is 2.95. The third-order valence-electron chi connectivity index (χ3n) is 3.15. The van der Waals surface area contributed by atoms with Gasteiger partial charge >= 0.3 is 0 Å². The molecule has 0 spiro atoms. The zero-order valence-corrected chi connectivity index (χ0v) is 13.4. The van der Waals surface area contributed by atoms with E-state index in [9.17, 15) is 0 Å². The van der Waals surface area contributed by atoms with E-state index in [1.165, 1.54) is 10.5 Å². The second-order valence-electron chi connectivity index (χ2n) is 4.99. The Morgan fingerprint density at radius 3 is 2.86 bits per heavy atom. The Bertz CT molecular complexity index is 574. The molecule has 1 atom stereocenters. The van der Waals surface area contributed by atoms with Crippen molar-refractivity contribution in [3.63, 3.8) is 0 Å². The van der Waals surface area contributed by atoms with Gasteiger partial charge in [0.15, 0.2) is 0 Å². The minimum atomic E-state index is -0.0488. The minimum absolute atomic E-state index is 0.0488. The van der Waals surface area contributed by atoms with Crippen molar-refractivity contribution >= 4 is 11.8 Å². The van der Waals surface area contributed by atoms with Crippen molar-refractivity contribution in [2.75, 3.05) is 12.4 Å². The summed E-state index contributed by atoms with van der Waals surface area (Å²) < 4.78 is 5.60. The molecular formula is C17H22N2OS. The van der Waals surface area contributed by atoms with Crippen LogP contribution in [0, 0.1) is 6.92 Å². The summed E-state index contributed by atoms with van der Waals surface area (Å²) in [6.45, 7) is 4.91. The molecule has 21 heavy (non-hydrogen) atoms. The molecule has 1 aromatic heterocycles. The number of thioether (sulfide) groups is 1. The maximum absolute atomic E-state index is 6.27. The van der Waals surface area contributed by atoms with Crippen molar-refractivity contribution < 1.29 is 4.74 Å². The molecule has 0 aliphatic heterocycles. The van der Waals surface area contributed by atoms with E-state index < -0.39 is 0 Å². The van der Waals surface area contributed by atoms with Crippen LogP contribution in [0.1, 0.15) is 30.5 Å². The number of nitrogens with zero attached hydrogens (tertiary/aromatic N) is 1. The summed E-state index contributed by atoms with van der Waals surface area (Å²) in [5.41, 5.74) is 8.58. The van der Waals surface area contributed by atoms with Crippen LogP contribution in [0.25, 0.3) is 0 Å². The van der Waals surface area contributed by atoms with Gasteiger partial charge in [-0.25, -0.2) is 0 Å². The normalized spacial score (nSPS) is 12.1. The molecule has 0 saturated carbocycles. The van der Waals surface area contributed by atoms with Crippen molar-refractivity contribution in [1.82, 2.24) is 4.98 Å². The smallest absolute Gasteiger partial charge is 0.137 e. The molecule has 0 saturated heterocycles. The summed E-state index contributed by atoms with van der Waals surface area (Å²) in [4.78, 5) is 5.49. The second kappa shape index (κ2) is 8.05. The highest BCUT2D eigenvalue weighted by Crippen LogP contribution is 2.26. The molecule has 3 nitrogen and oxygen atoms in total. The zero-order chi connectivity index (χ0) is 15.1. The highest BCUT2D eigenvalue weighted by atomic mass is 32.2. The molecule has 0 radical (unpaired) electrons. The number of nitrogens with two attached hydrogens (primary N) is 1. The van der Waals surface area contributed by atoms with Crippen LogP contribution in [0.3, 0.4) is 0 Å². The van der Waals surface area contributed by atoms with Gasteiger partial charge in [0.05, 0.1) is 12.8 Å². The van der Waals surface area contributed by atoms with Gasteiger partial charge in [-0.1, -0.05) is 25.1 Å². The first-order chi connectivity index (χ1) is 10.2. The van der Waals surface area contributed by atoms with Gasteiger partial charge in [-0.3, -0.25) is 4.98 Å². The maximum Gasteiger partial charge on any atom is 0.137 e. The standard InChI is InChI=1S/C17H22N2OS/c1-3-8-20-15-9-14(10-19-11-15)16(18)12-21-17-7-5-4-6-13(17)2/h4-7,9-11,16H,3,8,12,18H2,1-2H3. The quantitative estimate of drug-likeness (QED) is 0.786. The highest BCUT2D eigenvalue weighted by Gasteiger charge is 2.09. The Kier molecular flexibility index (Phi) is 6.08. The van der Waals surface area contributed by atoms with Gasteiger partial charge < -0.3 is 10.5 Å². The third kappa shape index (κ3) is 4.76. The van der Waals surface area contributed by atoms with Crippen molar-refractivity contribution in [3.8, 4) is 5.75 Å². The van der Waals surface area contributed by atoms with E-state index in [4.69, 9.17) is 10.5 Å². The number of pyridine rings is 1. The average Bonchev–Trinajstić information content (AvgIpc) is 2.52. The monoisotopic (exact) mass is 302 g/mol. The lowest BCUT2D eigenvalue weighted by atomic mass is 10.1. The first-order valence-corrected chi connectivity index (χ1v) is 8.21. The molecule has 1 aromatic carbocycles. The van der Waals surface area contributed by atoms with Crippen LogP contribution >= 0.6 is 11.8 Å². The molecule has 0 aliphatic rings. The van der Waals surface area contributed by atoms with Crippen LogP contribution in [-0.2, 0) is 0 Å². The van der Waals surface area contributed by atoms with E-state index in [1.807, 2.05) is 12.3 Å². The van der Waals surface area contributed by atoms with Crippen LogP contribution in [0.15, 0.2) is 47.6 Å². The second-order valence-corrected chi connectivity index (χ2v) is 6.05.